The van der Waals surface area contributed by atoms with Crippen molar-refractivity contribution in [2.75, 3.05) is 4.90 Å². The van der Waals surface area contributed by atoms with Crippen molar-refractivity contribution in [3.05, 3.63) is 208 Å². The first-order valence-corrected chi connectivity index (χ1v) is 19.9. The van der Waals surface area contributed by atoms with E-state index in [1.165, 1.54) is 83.2 Å². The number of benzene rings is 6. The second-order valence-electron chi connectivity index (χ2n) is 16.6. The summed E-state index contributed by atoms with van der Waals surface area (Å²) < 4.78 is 2.49. The number of allylic oxidation sites excluding steroid dienone is 7. The van der Waals surface area contributed by atoms with Gasteiger partial charge in [-0.15, -0.1) is 0 Å². The third-order valence-corrected chi connectivity index (χ3v) is 12.9. The molecule has 0 unspecified atom stereocenters. The second-order valence-corrected chi connectivity index (χ2v) is 16.6. The molecule has 56 heavy (non-hydrogen) atoms. The van der Waals surface area contributed by atoms with Crippen molar-refractivity contribution in [1.29, 1.82) is 0 Å². The van der Waals surface area contributed by atoms with Gasteiger partial charge in [-0.3, -0.25) is 0 Å². The zero-order valence-corrected chi connectivity index (χ0v) is 32.3. The zero-order valence-electron chi connectivity index (χ0n) is 32.3. The van der Waals surface area contributed by atoms with Crippen LogP contribution in [0.25, 0.3) is 49.8 Å². The topological polar surface area (TPSA) is 8.17 Å². The van der Waals surface area contributed by atoms with Gasteiger partial charge in [0.1, 0.15) is 0 Å². The standard InChI is InChI=1S/C54H42N2/c1-53(2)43-24-11-5-18-36(43)42-34-35(32-33-45(42)53)55(51-31-17-26-46-52(51)41-23-6-12-25-44(41)54(46,3)4)47-27-13-7-19-37(47)38-20-8-14-28-48(38)56-49-29-15-9-21-39(49)40-22-10-16-30-50(40)56/h5-7,9-19,21-31,34H,8,20H2,1-4H3. The minimum Gasteiger partial charge on any atom is -0.309 e. The highest BCUT2D eigenvalue weighted by atomic mass is 15.2. The maximum atomic E-state index is 3.78. The highest BCUT2D eigenvalue weighted by Gasteiger charge is 2.41. The van der Waals surface area contributed by atoms with Crippen LogP contribution in [-0.2, 0) is 10.8 Å². The maximum absolute atomic E-state index is 3.78. The highest BCUT2D eigenvalue weighted by molar-refractivity contribution is 6.12. The molecule has 0 amide bonds. The molecule has 0 bridgehead atoms. The minimum atomic E-state index is -0.156. The monoisotopic (exact) mass is 718 g/mol. The number of nitrogens with zero attached hydrogens (tertiary/aromatic N) is 2. The molecule has 0 atom stereocenters. The first-order chi connectivity index (χ1) is 27.3. The molecule has 6 aromatic carbocycles. The molecule has 0 spiro atoms. The van der Waals surface area contributed by atoms with Crippen molar-refractivity contribution in [3.8, 4) is 11.1 Å². The molecular formula is C54H42N2. The lowest BCUT2D eigenvalue weighted by molar-refractivity contribution is 0.660. The molecule has 4 aliphatic rings. The average Bonchev–Trinajstić information content (AvgIpc) is 3.78. The van der Waals surface area contributed by atoms with E-state index < -0.39 is 0 Å². The molecular weight excluding hydrogens is 677 g/mol. The molecule has 11 rings (SSSR count). The molecule has 268 valence electrons. The van der Waals surface area contributed by atoms with Crippen LogP contribution in [0.5, 0.6) is 0 Å². The third-order valence-electron chi connectivity index (χ3n) is 12.9. The van der Waals surface area contributed by atoms with E-state index in [0.29, 0.717) is 0 Å². The molecule has 0 aliphatic heterocycles. The number of hydrogen-bond acceptors (Lipinski definition) is 1. The quantitative estimate of drug-likeness (QED) is 0.161. The Morgan fingerprint density at radius 2 is 1.14 bits per heavy atom. The van der Waals surface area contributed by atoms with Gasteiger partial charge in [-0.1, -0.05) is 155 Å². The molecule has 0 N–H and O–H groups in total. The Kier molecular flexibility index (Phi) is 7.02. The van der Waals surface area contributed by atoms with Crippen LogP contribution in [0, 0.1) is 0 Å². The fourth-order valence-electron chi connectivity index (χ4n) is 10.2. The maximum Gasteiger partial charge on any atom is 0.0980 e. The van der Waals surface area contributed by atoms with Crippen LogP contribution in [0.15, 0.2) is 180 Å². The summed E-state index contributed by atoms with van der Waals surface area (Å²) in [7, 11) is 0. The Hall–Kier alpha value is -6.56. The third kappa shape index (κ3) is 4.52. The summed E-state index contributed by atoms with van der Waals surface area (Å²) >= 11 is 0. The number of hydrogen-bond donors (Lipinski definition) is 0. The number of rotatable bonds is 5. The van der Waals surface area contributed by atoms with E-state index >= 15 is 0 Å². The summed E-state index contributed by atoms with van der Waals surface area (Å²) in [5, 5.41) is 2.55. The lowest BCUT2D eigenvalue weighted by atomic mass is 9.82. The van der Waals surface area contributed by atoms with Crippen LogP contribution in [0.2, 0.25) is 0 Å². The summed E-state index contributed by atoms with van der Waals surface area (Å²) in [6.45, 7) is 9.37. The molecule has 0 saturated carbocycles. The normalized spacial score (nSPS) is 17.0. The number of fused-ring (bicyclic) bond motifs is 9. The van der Waals surface area contributed by atoms with E-state index in [1.807, 2.05) is 0 Å². The average molecular weight is 719 g/mol. The van der Waals surface area contributed by atoms with Crippen LogP contribution >= 0.6 is 0 Å². The van der Waals surface area contributed by atoms with E-state index in [-0.39, 0.29) is 10.8 Å². The molecule has 2 heteroatoms. The Morgan fingerprint density at radius 3 is 1.89 bits per heavy atom. The van der Waals surface area contributed by atoms with Crippen LogP contribution in [0.4, 0.5) is 11.4 Å². The molecule has 0 saturated heterocycles. The second kappa shape index (κ2) is 12.0. The Bertz CT molecular complexity index is 2990. The molecule has 1 aromatic heterocycles. The lowest BCUT2D eigenvalue weighted by Crippen LogP contribution is -2.20. The van der Waals surface area contributed by atoms with E-state index in [2.05, 4.69) is 206 Å². The van der Waals surface area contributed by atoms with Crippen LogP contribution in [0.3, 0.4) is 0 Å². The summed E-state index contributed by atoms with van der Waals surface area (Å²) in [5.74, 6) is 0. The molecule has 7 aromatic rings. The predicted molar refractivity (Wildman–Crippen MR) is 235 cm³/mol. The summed E-state index contributed by atoms with van der Waals surface area (Å²) in [6, 6.07) is 51.5. The van der Waals surface area contributed by atoms with E-state index in [0.717, 1.165) is 29.9 Å². The molecule has 0 radical (unpaired) electrons. The van der Waals surface area contributed by atoms with Crippen LogP contribution < -0.4 is 4.90 Å². The van der Waals surface area contributed by atoms with Gasteiger partial charge in [0.05, 0.1) is 28.1 Å². The van der Waals surface area contributed by atoms with Crippen LogP contribution in [-0.4, -0.2) is 4.57 Å². The fourth-order valence-corrected chi connectivity index (χ4v) is 10.2. The van der Waals surface area contributed by atoms with Gasteiger partial charge in [-0.25, -0.2) is 0 Å². The Morgan fingerprint density at radius 1 is 0.554 bits per heavy atom. The zero-order chi connectivity index (χ0) is 37.8. The Labute approximate surface area is 329 Å². The summed E-state index contributed by atoms with van der Waals surface area (Å²) in [4.78, 5) is 2.49. The van der Waals surface area contributed by atoms with Crippen molar-refractivity contribution in [2.24, 2.45) is 0 Å². The molecule has 1 heterocycles. The summed E-state index contributed by atoms with van der Waals surface area (Å²) in [5.41, 5.74) is 27.1. The first kappa shape index (κ1) is 32.8. The van der Waals surface area contributed by atoms with Crippen molar-refractivity contribution < 1.29 is 0 Å². The van der Waals surface area contributed by atoms with Crippen molar-refractivity contribution >= 4 is 50.0 Å². The van der Waals surface area contributed by atoms with E-state index in [9.17, 15) is 0 Å². The SMILES string of the molecule is CC1(C)C2=C=C=C(N(c3ccccc3C3=C(n4c5ccccc5c5ccccc54)C=CCC3)c3cccc4c3-c3ccccc3C4(C)C)C=C2c2ccccc21. The van der Waals surface area contributed by atoms with E-state index in [4.69, 9.17) is 0 Å². The van der Waals surface area contributed by atoms with Gasteiger partial charge in [0.15, 0.2) is 0 Å². The fraction of sp³-hybridized carbons (Fsp3) is 0.148. The van der Waals surface area contributed by atoms with Gasteiger partial charge in [0, 0.05) is 44.0 Å². The van der Waals surface area contributed by atoms with Crippen LogP contribution in [0.1, 0.15) is 68.4 Å². The first-order valence-electron chi connectivity index (χ1n) is 19.9. The summed E-state index contributed by atoms with van der Waals surface area (Å²) in [6.07, 6.45) is 8.99. The van der Waals surface area contributed by atoms with Gasteiger partial charge < -0.3 is 9.47 Å². The van der Waals surface area contributed by atoms with Crippen molar-refractivity contribution in [1.82, 2.24) is 4.57 Å². The predicted octanol–water partition coefficient (Wildman–Crippen LogP) is 13.9. The lowest BCUT2D eigenvalue weighted by Gasteiger charge is -2.32. The smallest absolute Gasteiger partial charge is 0.0980 e. The molecule has 2 nitrogen and oxygen atoms in total. The van der Waals surface area contributed by atoms with Crippen molar-refractivity contribution in [3.63, 3.8) is 0 Å². The minimum absolute atomic E-state index is 0.135. The Balaban J connectivity index is 1.22. The van der Waals surface area contributed by atoms with Gasteiger partial charge >= 0.3 is 0 Å². The number of anilines is 2. The molecule has 4 aliphatic carbocycles. The van der Waals surface area contributed by atoms with Gasteiger partial charge in [0.25, 0.3) is 0 Å². The van der Waals surface area contributed by atoms with Gasteiger partial charge in [0.2, 0.25) is 0 Å². The highest BCUT2D eigenvalue weighted by Crippen LogP contribution is 2.56. The van der Waals surface area contributed by atoms with E-state index in [1.54, 1.807) is 0 Å². The van der Waals surface area contributed by atoms with Gasteiger partial charge in [-0.2, -0.15) is 0 Å². The van der Waals surface area contributed by atoms with Crippen molar-refractivity contribution in [2.45, 2.75) is 51.4 Å². The molecule has 0 fully saturated rings. The largest absolute Gasteiger partial charge is 0.309 e. The van der Waals surface area contributed by atoms with Gasteiger partial charge in [-0.05, 0) is 94.0 Å². The number of aromatic nitrogens is 1. The number of para-hydroxylation sites is 3.